The first-order valence-electron chi connectivity index (χ1n) is 5.34. The van der Waals surface area contributed by atoms with E-state index in [0.717, 1.165) is 24.6 Å². The normalized spacial score (nSPS) is 12.7. The van der Waals surface area contributed by atoms with Crippen molar-refractivity contribution in [3.05, 3.63) is 35.4 Å². The van der Waals surface area contributed by atoms with Gasteiger partial charge in [-0.1, -0.05) is 31.2 Å². The fourth-order valence-corrected chi connectivity index (χ4v) is 2.02. The van der Waals surface area contributed by atoms with E-state index in [2.05, 4.69) is 24.4 Å². The minimum Gasteiger partial charge on any atom is -0.312 e. The van der Waals surface area contributed by atoms with Crippen molar-refractivity contribution < 1.29 is 4.21 Å². The van der Waals surface area contributed by atoms with Gasteiger partial charge in [0, 0.05) is 35.4 Å². The molecule has 0 aliphatic rings. The van der Waals surface area contributed by atoms with Crippen LogP contribution in [0.3, 0.4) is 0 Å². The highest BCUT2D eigenvalue weighted by Gasteiger charge is 1.97. The van der Waals surface area contributed by atoms with Crippen LogP contribution in [0.1, 0.15) is 18.1 Å². The third-order valence-corrected chi connectivity index (χ3v) is 3.71. The molecule has 0 heterocycles. The lowest BCUT2D eigenvalue weighted by molar-refractivity contribution is 0.673. The second kappa shape index (κ2) is 6.75. The molecule has 0 saturated carbocycles. The van der Waals surface area contributed by atoms with Gasteiger partial charge in [0.05, 0.1) is 0 Å². The van der Waals surface area contributed by atoms with Crippen LogP contribution in [-0.2, 0) is 17.3 Å². The zero-order valence-corrected chi connectivity index (χ0v) is 10.3. The van der Waals surface area contributed by atoms with Crippen LogP contribution in [0.2, 0.25) is 0 Å². The van der Waals surface area contributed by atoms with Crippen LogP contribution in [0, 0.1) is 6.92 Å². The number of nitrogens with one attached hydrogen (secondary N) is 1. The maximum absolute atomic E-state index is 11.2. The Labute approximate surface area is 94.5 Å². The summed E-state index contributed by atoms with van der Waals surface area (Å²) in [6.45, 7) is 5.76. The van der Waals surface area contributed by atoms with Crippen molar-refractivity contribution in [3.63, 3.8) is 0 Å². The first kappa shape index (κ1) is 12.4. The Morgan fingerprint density at radius 1 is 1.33 bits per heavy atom. The van der Waals surface area contributed by atoms with Crippen LogP contribution >= 0.6 is 0 Å². The van der Waals surface area contributed by atoms with Crippen LogP contribution < -0.4 is 5.32 Å². The molecular weight excluding hydrogens is 206 g/mol. The van der Waals surface area contributed by atoms with Gasteiger partial charge in [-0.3, -0.25) is 4.21 Å². The van der Waals surface area contributed by atoms with Gasteiger partial charge >= 0.3 is 0 Å². The average Bonchev–Trinajstić information content (AvgIpc) is 2.26. The number of aryl methyl sites for hydroxylation is 1. The van der Waals surface area contributed by atoms with E-state index >= 15 is 0 Å². The van der Waals surface area contributed by atoms with Crippen molar-refractivity contribution in [2.24, 2.45) is 0 Å². The predicted octanol–water partition coefficient (Wildman–Crippen LogP) is 1.85. The molecule has 1 N–H and O–H groups in total. The minimum absolute atomic E-state index is 0.653. The molecule has 84 valence electrons. The molecule has 15 heavy (non-hydrogen) atoms. The quantitative estimate of drug-likeness (QED) is 0.749. The van der Waals surface area contributed by atoms with Gasteiger partial charge in [0.15, 0.2) is 0 Å². The van der Waals surface area contributed by atoms with Crippen molar-refractivity contribution in [1.29, 1.82) is 0 Å². The lowest BCUT2D eigenvalue weighted by Crippen LogP contribution is -2.21. The molecule has 1 aromatic rings. The van der Waals surface area contributed by atoms with Gasteiger partial charge in [0.2, 0.25) is 0 Å². The zero-order chi connectivity index (χ0) is 11.1. The molecule has 2 nitrogen and oxygen atoms in total. The van der Waals surface area contributed by atoms with Crippen LogP contribution in [0.15, 0.2) is 24.3 Å². The van der Waals surface area contributed by atoms with Crippen LogP contribution in [0.5, 0.6) is 0 Å². The third kappa shape index (κ3) is 4.58. The van der Waals surface area contributed by atoms with E-state index in [4.69, 9.17) is 0 Å². The van der Waals surface area contributed by atoms with E-state index in [9.17, 15) is 4.21 Å². The number of hydrogen-bond donors (Lipinski definition) is 1. The largest absolute Gasteiger partial charge is 0.312 e. The fourth-order valence-electron chi connectivity index (χ4n) is 1.36. The number of benzene rings is 1. The number of rotatable bonds is 6. The molecule has 0 saturated heterocycles. The Kier molecular flexibility index (Phi) is 5.58. The Bertz CT molecular complexity index is 325. The maximum Gasteiger partial charge on any atom is 0.0360 e. The van der Waals surface area contributed by atoms with Gasteiger partial charge in [-0.25, -0.2) is 0 Å². The minimum atomic E-state index is -0.653. The molecule has 0 aliphatic carbocycles. The Hall–Kier alpha value is -0.670. The van der Waals surface area contributed by atoms with Crippen molar-refractivity contribution in [2.75, 3.05) is 18.1 Å². The summed E-state index contributed by atoms with van der Waals surface area (Å²) in [6, 6.07) is 8.33. The molecule has 0 aromatic heterocycles. The van der Waals surface area contributed by atoms with E-state index < -0.39 is 10.8 Å². The summed E-state index contributed by atoms with van der Waals surface area (Å²) in [7, 11) is -0.653. The Balaban J connectivity index is 2.26. The summed E-state index contributed by atoms with van der Waals surface area (Å²) < 4.78 is 11.2. The van der Waals surface area contributed by atoms with Crippen molar-refractivity contribution >= 4 is 10.8 Å². The standard InChI is InChI=1S/C12H19NOS/c1-3-15(14)9-8-13-10-12-7-5-4-6-11(12)2/h4-7,13H,3,8-10H2,1-2H3. The molecule has 0 bridgehead atoms. The van der Waals surface area contributed by atoms with Crippen molar-refractivity contribution in [1.82, 2.24) is 5.32 Å². The molecule has 1 unspecified atom stereocenters. The summed E-state index contributed by atoms with van der Waals surface area (Å²) in [6.07, 6.45) is 0. The molecular formula is C12H19NOS. The molecule has 1 aromatic carbocycles. The monoisotopic (exact) mass is 225 g/mol. The molecule has 1 atom stereocenters. The predicted molar refractivity (Wildman–Crippen MR) is 66.4 cm³/mol. The summed E-state index contributed by atoms with van der Waals surface area (Å²) in [5.74, 6) is 1.51. The SMILES string of the molecule is CCS(=O)CCNCc1ccccc1C. The summed E-state index contributed by atoms with van der Waals surface area (Å²) in [5, 5.41) is 3.31. The van der Waals surface area contributed by atoms with Crippen LogP contribution in [0.4, 0.5) is 0 Å². The molecule has 0 radical (unpaired) electrons. The van der Waals surface area contributed by atoms with E-state index in [1.54, 1.807) is 0 Å². The molecule has 1 rings (SSSR count). The van der Waals surface area contributed by atoms with Gasteiger partial charge < -0.3 is 5.32 Å². The van der Waals surface area contributed by atoms with Gasteiger partial charge in [0.25, 0.3) is 0 Å². The van der Waals surface area contributed by atoms with E-state index in [0.29, 0.717) is 0 Å². The topological polar surface area (TPSA) is 29.1 Å². The van der Waals surface area contributed by atoms with Crippen LogP contribution in [-0.4, -0.2) is 22.3 Å². The van der Waals surface area contributed by atoms with Crippen molar-refractivity contribution in [2.45, 2.75) is 20.4 Å². The second-order valence-corrected chi connectivity index (χ2v) is 5.40. The number of hydrogen-bond acceptors (Lipinski definition) is 2. The van der Waals surface area contributed by atoms with Gasteiger partial charge in [-0.2, -0.15) is 0 Å². The first-order valence-corrected chi connectivity index (χ1v) is 6.83. The third-order valence-electron chi connectivity index (χ3n) is 2.41. The highest BCUT2D eigenvalue weighted by atomic mass is 32.2. The summed E-state index contributed by atoms with van der Waals surface area (Å²) in [4.78, 5) is 0. The molecule has 0 aliphatic heterocycles. The van der Waals surface area contributed by atoms with Crippen molar-refractivity contribution in [3.8, 4) is 0 Å². The van der Waals surface area contributed by atoms with Gasteiger partial charge in [-0.15, -0.1) is 0 Å². The molecule has 0 spiro atoms. The maximum atomic E-state index is 11.2. The van der Waals surface area contributed by atoms with Gasteiger partial charge in [0.1, 0.15) is 0 Å². The zero-order valence-electron chi connectivity index (χ0n) is 9.45. The first-order chi connectivity index (χ1) is 7.24. The lowest BCUT2D eigenvalue weighted by Gasteiger charge is -2.06. The van der Waals surface area contributed by atoms with E-state index in [1.165, 1.54) is 11.1 Å². The molecule has 0 amide bonds. The van der Waals surface area contributed by atoms with Crippen LogP contribution in [0.25, 0.3) is 0 Å². The van der Waals surface area contributed by atoms with E-state index in [1.807, 2.05) is 19.1 Å². The Morgan fingerprint density at radius 2 is 2.07 bits per heavy atom. The molecule has 3 heteroatoms. The van der Waals surface area contributed by atoms with E-state index in [-0.39, 0.29) is 0 Å². The van der Waals surface area contributed by atoms with Gasteiger partial charge in [-0.05, 0) is 18.1 Å². The summed E-state index contributed by atoms with van der Waals surface area (Å²) in [5.41, 5.74) is 2.63. The molecule has 0 fully saturated rings. The second-order valence-electron chi connectivity index (χ2n) is 3.54. The highest BCUT2D eigenvalue weighted by Crippen LogP contribution is 2.05. The smallest absolute Gasteiger partial charge is 0.0360 e. The lowest BCUT2D eigenvalue weighted by atomic mass is 10.1. The highest BCUT2D eigenvalue weighted by molar-refractivity contribution is 7.84. The Morgan fingerprint density at radius 3 is 2.73 bits per heavy atom. The fraction of sp³-hybridized carbons (Fsp3) is 0.500. The average molecular weight is 225 g/mol. The summed E-state index contributed by atoms with van der Waals surface area (Å²) >= 11 is 0.